The average Bonchev–Trinajstić information content (AvgIpc) is 3.22. The Morgan fingerprint density at radius 3 is 2.19 bits per heavy atom. The Kier molecular flexibility index (Phi) is 6.48. The van der Waals surface area contributed by atoms with Gasteiger partial charge in [-0.3, -0.25) is 9.52 Å². The number of ether oxygens (including phenoxy) is 1. The van der Waals surface area contributed by atoms with Crippen molar-refractivity contribution in [3.05, 3.63) is 96.0 Å². The van der Waals surface area contributed by atoms with Crippen LogP contribution in [0, 0.1) is 0 Å². The first-order valence-electron chi connectivity index (χ1n) is 9.63. The molecule has 4 rings (SSSR count). The molecule has 3 aromatic carbocycles. The van der Waals surface area contributed by atoms with Crippen LogP contribution in [0.1, 0.15) is 5.69 Å². The van der Waals surface area contributed by atoms with Crippen LogP contribution >= 0.6 is 11.3 Å². The van der Waals surface area contributed by atoms with Crippen LogP contribution in [-0.4, -0.2) is 19.3 Å². The van der Waals surface area contributed by atoms with Crippen molar-refractivity contribution >= 4 is 38.1 Å². The normalized spacial score (nSPS) is 11.0. The predicted octanol–water partition coefficient (Wildman–Crippen LogP) is 4.92. The van der Waals surface area contributed by atoms with Gasteiger partial charge < -0.3 is 10.1 Å². The summed E-state index contributed by atoms with van der Waals surface area (Å²) in [4.78, 5) is 16.7. The number of thiazole rings is 1. The number of nitrogens with one attached hydrogen (secondary N) is 2. The SMILES string of the molecule is O=C(Cc1csc(NS(=O)(=O)c2ccccc2)n1)Nc1ccc(Oc2ccccc2)cc1. The standard InChI is InChI=1S/C23H19N3O4S2/c27-22(24-17-11-13-20(14-12-17)30-19-7-3-1-4-8-19)15-18-16-31-23(25-18)26-32(28,29)21-9-5-2-6-10-21/h1-14,16H,15H2,(H,24,27)(H,25,26). The van der Waals surface area contributed by atoms with E-state index in [1.165, 1.54) is 12.1 Å². The van der Waals surface area contributed by atoms with E-state index in [1.54, 1.807) is 47.8 Å². The van der Waals surface area contributed by atoms with Crippen molar-refractivity contribution in [2.75, 3.05) is 10.0 Å². The van der Waals surface area contributed by atoms with E-state index in [4.69, 9.17) is 4.74 Å². The van der Waals surface area contributed by atoms with Crippen LogP contribution in [0.5, 0.6) is 11.5 Å². The molecule has 0 bridgehead atoms. The minimum Gasteiger partial charge on any atom is -0.457 e. The summed E-state index contributed by atoms with van der Waals surface area (Å²) in [7, 11) is -3.72. The Morgan fingerprint density at radius 1 is 0.875 bits per heavy atom. The molecule has 0 spiro atoms. The highest BCUT2D eigenvalue weighted by molar-refractivity contribution is 7.93. The smallest absolute Gasteiger partial charge is 0.263 e. The Hall–Kier alpha value is -3.69. The van der Waals surface area contributed by atoms with Crippen molar-refractivity contribution in [2.45, 2.75) is 11.3 Å². The molecule has 1 amide bonds. The van der Waals surface area contributed by atoms with Gasteiger partial charge in [-0.05, 0) is 48.5 Å². The van der Waals surface area contributed by atoms with E-state index in [1.807, 2.05) is 30.3 Å². The molecule has 0 unspecified atom stereocenters. The van der Waals surface area contributed by atoms with Crippen LogP contribution in [0.25, 0.3) is 0 Å². The molecule has 9 heteroatoms. The minimum atomic E-state index is -3.72. The molecule has 0 atom stereocenters. The van der Waals surface area contributed by atoms with E-state index in [2.05, 4.69) is 15.0 Å². The molecule has 0 saturated carbocycles. The van der Waals surface area contributed by atoms with Gasteiger partial charge in [0, 0.05) is 11.1 Å². The number of hydrogen-bond acceptors (Lipinski definition) is 6. The van der Waals surface area contributed by atoms with E-state index >= 15 is 0 Å². The van der Waals surface area contributed by atoms with Crippen molar-refractivity contribution in [3.63, 3.8) is 0 Å². The number of carbonyl (C=O) groups excluding carboxylic acids is 1. The van der Waals surface area contributed by atoms with Crippen LogP contribution in [0.3, 0.4) is 0 Å². The molecule has 0 fully saturated rings. The highest BCUT2D eigenvalue weighted by Crippen LogP contribution is 2.23. The fourth-order valence-corrected chi connectivity index (χ4v) is 4.79. The van der Waals surface area contributed by atoms with E-state index in [9.17, 15) is 13.2 Å². The third kappa shape index (κ3) is 5.71. The molecule has 1 aromatic heterocycles. The second-order valence-corrected chi connectivity index (χ2v) is 9.27. The van der Waals surface area contributed by atoms with Gasteiger partial charge in [-0.2, -0.15) is 0 Å². The number of rotatable bonds is 8. The number of benzene rings is 3. The molecule has 162 valence electrons. The zero-order valence-corrected chi connectivity index (χ0v) is 18.4. The summed E-state index contributed by atoms with van der Waals surface area (Å²) in [6, 6.07) is 24.5. The summed E-state index contributed by atoms with van der Waals surface area (Å²) in [5.74, 6) is 1.13. The molecule has 0 aliphatic carbocycles. The van der Waals surface area contributed by atoms with Gasteiger partial charge in [0.1, 0.15) is 11.5 Å². The lowest BCUT2D eigenvalue weighted by molar-refractivity contribution is -0.115. The molecular formula is C23H19N3O4S2. The Balaban J connectivity index is 1.32. The monoisotopic (exact) mass is 465 g/mol. The second kappa shape index (κ2) is 9.63. The van der Waals surface area contributed by atoms with Crippen LogP contribution < -0.4 is 14.8 Å². The van der Waals surface area contributed by atoms with Crippen LogP contribution in [0.2, 0.25) is 0 Å². The minimum absolute atomic E-state index is 0.0197. The maximum Gasteiger partial charge on any atom is 0.263 e. The van der Waals surface area contributed by atoms with E-state index in [0.717, 1.165) is 17.1 Å². The van der Waals surface area contributed by atoms with Gasteiger partial charge in [-0.15, -0.1) is 11.3 Å². The Bertz CT molecular complexity index is 1290. The maximum absolute atomic E-state index is 12.4. The predicted molar refractivity (Wildman–Crippen MR) is 125 cm³/mol. The van der Waals surface area contributed by atoms with Gasteiger partial charge in [-0.1, -0.05) is 36.4 Å². The van der Waals surface area contributed by atoms with Gasteiger partial charge >= 0.3 is 0 Å². The fraction of sp³-hybridized carbons (Fsp3) is 0.0435. The largest absolute Gasteiger partial charge is 0.457 e. The third-order valence-electron chi connectivity index (χ3n) is 4.29. The quantitative estimate of drug-likeness (QED) is 0.385. The summed E-state index contributed by atoms with van der Waals surface area (Å²) < 4.78 is 32.9. The van der Waals surface area contributed by atoms with Crippen LogP contribution in [0.15, 0.2) is 95.2 Å². The summed E-state index contributed by atoms with van der Waals surface area (Å²) in [5.41, 5.74) is 1.10. The lowest BCUT2D eigenvalue weighted by Crippen LogP contribution is -2.15. The zero-order valence-electron chi connectivity index (χ0n) is 16.8. The molecule has 0 aliphatic heterocycles. The molecule has 2 N–H and O–H groups in total. The van der Waals surface area contributed by atoms with Crippen LogP contribution in [-0.2, 0) is 21.2 Å². The summed E-state index contributed by atoms with van der Waals surface area (Å²) in [6.45, 7) is 0. The molecule has 0 radical (unpaired) electrons. The van der Waals surface area contributed by atoms with E-state index in [0.29, 0.717) is 17.1 Å². The Labute approximate surface area is 189 Å². The van der Waals surface area contributed by atoms with E-state index in [-0.39, 0.29) is 22.4 Å². The molecule has 0 aliphatic rings. The first-order chi connectivity index (χ1) is 15.5. The number of sulfonamides is 1. The summed E-state index contributed by atoms with van der Waals surface area (Å²) >= 11 is 1.12. The third-order valence-corrected chi connectivity index (χ3v) is 6.58. The first kappa shape index (κ1) is 21.5. The number of aromatic nitrogens is 1. The zero-order chi connectivity index (χ0) is 22.4. The second-order valence-electron chi connectivity index (χ2n) is 6.73. The highest BCUT2D eigenvalue weighted by atomic mass is 32.2. The van der Waals surface area contributed by atoms with Gasteiger partial charge in [0.05, 0.1) is 17.0 Å². The van der Waals surface area contributed by atoms with Gasteiger partial charge in [0.15, 0.2) is 5.13 Å². The molecule has 4 aromatic rings. The Morgan fingerprint density at radius 2 is 1.50 bits per heavy atom. The van der Waals surface area contributed by atoms with Crippen LogP contribution in [0.4, 0.5) is 10.8 Å². The number of carbonyl (C=O) groups is 1. The molecular weight excluding hydrogens is 446 g/mol. The number of nitrogens with zero attached hydrogens (tertiary/aromatic N) is 1. The average molecular weight is 466 g/mol. The number of anilines is 2. The molecule has 32 heavy (non-hydrogen) atoms. The number of para-hydroxylation sites is 1. The fourth-order valence-electron chi connectivity index (χ4n) is 2.81. The number of amides is 1. The highest BCUT2D eigenvalue weighted by Gasteiger charge is 2.16. The number of hydrogen-bond donors (Lipinski definition) is 2. The molecule has 0 saturated heterocycles. The van der Waals surface area contributed by atoms with Crippen molar-refractivity contribution in [2.24, 2.45) is 0 Å². The molecule has 1 heterocycles. The lowest BCUT2D eigenvalue weighted by Gasteiger charge is -2.08. The first-order valence-corrected chi connectivity index (χ1v) is 12.0. The topological polar surface area (TPSA) is 97.4 Å². The van der Waals surface area contributed by atoms with Crippen molar-refractivity contribution in [3.8, 4) is 11.5 Å². The van der Waals surface area contributed by atoms with E-state index < -0.39 is 10.0 Å². The molecule has 7 nitrogen and oxygen atoms in total. The van der Waals surface area contributed by atoms with Gasteiger partial charge in [0.2, 0.25) is 5.91 Å². The summed E-state index contributed by atoms with van der Waals surface area (Å²) in [5, 5.41) is 4.66. The van der Waals surface area contributed by atoms with Crippen molar-refractivity contribution in [1.29, 1.82) is 0 Å². The van der Waals surface area contributed by atoms with Gasteiger partial charge in [-0.25, -0.2) is 13.4 Å². The lowest BCUT2D eigenvalue weighted by atomic mass is 10.2. The van der Waals surface area contributed by atoms with Gasteiger partial charge in [0.25, 0.3) is 10.0 Å². The summed E-state index contributed by atoms with van der Waals surface area (Å²) in [6.07, 6.45) is 0.0197. The maximum atomic E-state index is 12.4. The van der Waals surface area contributed by atoms with Crippen molar-refractivity contribution < 1.29 is 17.9 Å². The van der Waals surface area contributed by atoms with Crippen molar-refractivity contribution in [1.82, 2.24) is 4.98 Å².